The van der Waals surface area contributed by atoms with Crippen LogP contribution in [0.2, 0.25) is 0 Å². The Morgan fingerprint density at radius 2 is 1.65 bits per heavy atom. The lowest BCUT2D eigenvalue weighted by Gasteiger charge is -2.54. The standard InChI is InChI=1S/C16H32N4/c1-14(2)9-15(3,4)11-16(10-14)12-18-13(17)20(16)8-7-19(5)6/h7-12H2,1-6H3,(H2,17,18). The van der Waals surface area contributed by atoms with E-state index in [9.17, 15) is 0 Å². The molecule has 2 aliphatic rings. The molecule has 2 rings (SSSR count). The first-order valence-electron chi connectivity index (χ1n) is 7.78. The molecule has 0 aromatic heterocycles. The van der Waals surface area contributed by atoms with Crippen LogP contribution in [0.25, 0.3) is 0 Å². The van der Waals surface area contributed by atoms with Crippen molar-refractivity contribution < 1.29 is 0 Å². The molecule has 1 heterocycles. The van der Waals surface area contributed by atoms with Crippen molar-refractivity contribution in [2.24, 2.45) is 21.6 Å². The molecule has 0 bridgehead atoms. The molecule has 20 heavy (non-hydrogen) atoms. The molecule has 4 nitrogen and oxygen atoms in total. The fourth-order valence-corrected chi connectivity index (χ4v) is 4.86. The van der Waals surface area contributed by atoms with E-state index in [1.807, 2.05) is 0 Å². The highest BCUT2D eigenvalue weighted by Gasteiger charge is 2.52. The normalized spacial score (nSPS) is 27.1. The molecule has 0 saturated heterocycles. The summed E-state index contributed by atoms with van der Waals surface area (Å²) in [5.74, 6) is 0.750. The van der Waals surface area contributed by atoms with Gasteiger partial charge in [-0.1, -0.05) is 27.7 Å². The van der Waals surface area contributed by atoms with Crippen LogP contribution in [0.5, 0.6) is 0 Å². The fraction of sp³-hybridized carbons (Fsp3) is 0.938. The summed E-state index contributed by atoms with van der Waals surface area (Å²) in [4.78, 5) is 9.22. The van der Waals surface area contributed by atoms with Crippen LogP contribution in [0.4, 0.5) is 0 Å². The highest BCUT2D eigenvalue weighted by molar-refractivity contribution is 5.81. The van der Waals surface area contributed by atoms with Crippen molar-refractivity contribution in [3.63, 3.8) is 0 Å². The van der Waals surface area contributed by atoms with Crippen molar-refractivity contribution in [3.05, 3.63) is 0 Å². The summed E-state index contributed by atoms with van der Waals surface area (Å²) in [6.45, 7) is 12.5. The van der Waals surface area contributed by atoms with E-state index in [1.54, 1.807) is 0 Å². The van der Waals surface area contributed by atoms with E-state index in [0.717, 1.165) is 25.6 Å². The van der Waals surface area contributed by atoms with Crippen LogP contribution >= 0.6 is 0 Å². The summed E-state index contributed by atoms with van der Waals surface area (Å²) in [5, 5.41) is 0. The number of hydrogen-bond donors (Lipinski definition) is 1. The van der Waals surface area contributed by atoms with Gasteiger partial charge in [-0.3, -0.25) is 4.99 Å². The quantitative estimate of drug-likeness (QED) is 0.861. The number of aliphatic imine (C=N–C) groups is 1. The molecule has 1 fully saturated rings. The van der Waals surface area contributed by atoms with Crippen LogP contribution in [0.3, 0.4) is 0 Å². The van der Waals surface area contributed by atoms with Gasteiger partial charge in [0.1, 0.15) is 0 Å². The number of nitrogens with zero attached hydrogens (tertiary/aromatic N) is 3. The molecular formula is C16H32N4. The SMILES string of the molecule is CN(C)CCN1C(N)=NCC12CC(C)(C)CC(C)(C)C2. The Hall–Kier alpha value is -0.770. The van der Waals surface area contributed by atoms with Crippen LogP contribution in [-0.2, 0) is 0 Å². The van der Waals surface area contributed by atoms with Gasteiger partial charge in [0.2, 0.25) is 0 Å². The summed E-state index contributed by atoms with van der Waals surface area (Å²) in [7, 11) is 4.23. The molecular weight excluding hydrogens is 248 g/mol. The topological polar surface area (TPSA) is 44.9 Å². The minimum atomic E-state index is 0.144. The lowest BCUT2D eigenvalue weighted by Crippen LogP contribution is -2.59. The Morgan fingerprint density at radius 3 is 2.15 bits per heavy atom. The van der Waals surface area contributed by atoms with Crippen LogP contribution in [0.1, 0.15) is 47.0 Å². The second-order valence-electron chi connectivity index (χ2n) is 8.71. The van der Waals surface area contributed by atoms with Gasteiger partial charge in [-0.05, 0) is 44.2 Å². The second kappa shape index (κ2) is 4.90. The van der Waals surface area contributed by atoms with E-state index in [1.165, 1.54) is 19.3 Å². The summed E-state index contributed by atoms with van der Waals surface area (Å²) in [5.41, 5.74) is 7.07. The zero-order valence-electron chi connectivity index (χ0n) is 14.2. The summed E-state index contributed by atoms with van der Waals surface area (Å²) in [6, 6.07) is 0. The van der Waals surface area contributed by atoms with E-state index in [4.69, 9.17) is 5.73 Å². The highest BCUT2D eigenvalue weighted by Crippen LogP contribution is 2.53. The summed E-state index contributed by atoms with van der Waals surface area (Å²) >= 11 is 0. The van der Waals surface area contributed by atoms with E-state index < -0.39 is 0 Å². The number of guanidine groups is 1. The average Bonchev–Trinajstić information content (AvgIpc) is 2.47. The maximum Gasteiger partial charge on any atom is 0.191 e. The minimum Gasteiger partial charge on any atom is -0.370 e. The van der Waals surface area contributed by atoms with Gasteiger partial charge >= 0.3 is 0 Å². The van der Waals surface area contributed by atoms with Crippen molar-refractivity contribution in [1.82, 2.24) is 9.80 Å². The molecule has 1 aliphatic carbocycles. The van der Waals surface area contributed by atoms with Gasteiger partial charge < -0.3 is 15.5 Å². The summed E-state index contributed by atoms with van der Waals surface area (Å²) < 4.78 is 0. The van der Waals surface area contributed by atoms with Crippen molar-refractivity contribution in [2.45, 2.75) is 52.5 Å². The first-order chi connectivity index (χ1) is 9.05. The first-order valence-corrected chi connectivity index (χ1v) is 7.78. The molecule has 0 atom stereocenters. The van der Waals surface area contributed by atoms with Crippen molar-refractivity contribution in [2.75, 3.05) is 33.7 Å². The molecule has 0 aromatic carbocycles. The van der Waals surface area contributed by atoms with Crippen LogP contribution in [-0.4, -0.2) is 55.0 Å². The highest BCUT2D eigenvalue weighted by atomic mass is 15.4. The predicted molar refractivity (Wildman–Crippen MR) is 85.9 cm³/mol. The zero-order chi connectivity index (χ0) is 15.2. The zero-order valence-corrected chi connectivity index (χ0v) is 14.2. The molecule has 1 aliphatic heterocycles. The molecule has 0 unspecified atom stereocenters. The van der Waals surface area contributed by atoms with E-state index >= 15 is 0 Å². The maximum absolute atomic E-state index is 6.21. The maximum atomic E-state index is 6.21. The lowest BCUT2D eigenvalue weighted by atomic mass is 9.58. The van der Waals surface area contributed by atoms with E-state index in [0.29, 0.717) is 10.8 Å². The third kappa shape index (κ3) is 3.11. The molecule has 0 radical (unpaired) electrons. The van der Waals surface area contributed by atoms with Crippen molar-refractivity contribution in [1.29, 1.82) is 0 Å². The van der Waals surface area contributed by atoms with Crippen LogP contribution in [0, 0.1) is 10.8 Å². The Labute approximate surface area is 124 Å². The fourth-order valence-electron chi connectivity index (χ4n) is 4.86. The Kier molecular flexibility index (Phi) is 3.83. The number of hydrogen-bond acceptors (Lipinski definition) is 4. The van der Waals surface area contributed by atoms with Gasteiger partial charge in [-0.25, -0.2) is 0 Å². The molecule has 4 heteroatoms. The van der Waals surface area contributed by atoms with Gasteiger partial charge in [0.15, 0.2) is 5.96 Å². The average molecular weight is 280 g/mol. The van der Waals surface area contributed by atoms with Crippen LogP contribution < -0.4 is 5.73 Å². The van der Waals surface area contributed by atoms with E-state index in [-0.39, 0.29) is 5.54 Å². The number of likely N-dealkylation sites (N-methyl/N-ethyl adjacent to an activating group) is 1. The number of rotatable bonds is 3. The van der Waals surface area contributed by atoms with E-state index in [2.05, 4.69) is 56.6 Å². The third-order valence-corrected chi connectivity index (χ3v) is 4.73. The molecule has 2 N–H and O–H groups in total. The summed E-state index contributed by atoms with van der Waals surface area (Å²) in [6.07, 6.45) is 3.67. The Bertz CT molecular complexity index is 379. The smallest absolute Gasteiger partial charge is 0.191 e. The largest absolute Gasteiger partial charge is 0.370 e. The minimum absolute atomic E-state index is 0.144. The Morgan fingerprint density at radius 1 is 1.10 bits per heavy atom. The van der Waals surface area contributed by atoms with Crippen LogP contribution in [0.15, 0.2) is 4.99 Å². The van der Waals surface area contributed by atoms with Gasteiger partial charge in [0.25, 0.3) is 0 Å². The van der Waals surface area contributed by atoms with Crippen molar-refractivity contribution >= 4 is 5.96 Å². The molecule has 1 saturated carbocycles. The monoisotopic (exact) mass is 280 g/mol. The van der Waals surface area contributed by atoms with Gasteiger partial charge in [0.05, 0.1) is 12.1 Å². The number of nitrogens with two attached hydrogens (primary N) is 1. The molecule has 1 spiro atoms. The van der Waals surface area contributed by atoms with Crippen molar-refractivity contribution in [3.8, 4) is 0 Å². The first kappa shape index (κ1) is 15.6. The van der Waals surface area contributed by atoms with Gasteiger partial charge in [-0.15, -0.1) is 0 Å². The lowest BCUT2D eigenvalue weighted by molar-refractivity contribution is -0.00614. The second-order valence-corrected chi connectivity index (χ2v) is 8.71. The predicted octanol–water partition coefficient (Wildman–Crippen LogP) is 2.15. The third-order valence-electron chi connectivity index (χ3n) is 4.73. The molecule has 0 aromatic rings. The van der Waals surface area contributed by atoms with Gasteiger partial charge in [0, 0.05) is 13.1 Å². The molecule has 0 amide bonds. The Balaban J connectivity index is 2.23. The molecule has 116 valence electrons. The van der Waals surface area contributed by atoms with Gasteiger partial charge in [-0.2, -0.15) is 0 Å².